The third kappa shape index (κ3) is 15.3. The van der Waals surface area contributed by atoms with Gasteiger partial charge >= 0.3 is 18.3 Å². The fraction of sp³-hybridized carbons (Fsp3) is 0.339. The number of esters is 1. The van der Waals surface area contributed by atoms with Crippen LogP contribution in [0.3, 0.4) is 0 Å². The lowest BCUT2D eigenvalue weighted by Gasteiger charge is -2.25. The number of alkyl halides is 6. The van der Waals surface area contributed by atoms with Gasteiger partial charge < -0.3 is 24.2 Å². The molecule has 4 aromatic carbocycles. The van der Waals surface area contributed by atoms with Gasteiger partial charge in [0.15, 0.2) is 45.0 Å². The zero-order valence-electron chi connectivity index (χ0n) is 46.0. The maximum atomic E-state index is 13.6. The number of oxazole rings is 2. The monoisotopic (exact) mass is 1240 g/mol. The molecule has 2 aliphatic carbocycles. The summed E-state index contributed by atoms with van der Waals surface area (Å²) in [5, 5.41) is 12.2. The smallest absolute Gasteiger partial charge is 0.435 e. The predicted octanol–water partition coefficient (Wildman–Crippen LogP) is 13.7. The van der Waals surface area contributed by atoms with Crippen molar-refractivity contribution >= 4 is 45.3 Å². The van der Waals surface area contributed by atoms with E-state index in [2.05, 4.69) is 46.7 Å². The van der Waals surface area contributed by atoms with Crippen molar-refractivity contribution < 1.29 is 63.9 Å². The Kier molecular flexibility index (Phi) is 19.8. The number of hydrogen-bond donors (Lipinski definition) is 2. The summed E-state index contributed by atoms with van der Waals surface area (Å²) in [4.78, 5) is 72.4. The lowest BCUT2D eigenvalue weighted by molar-refractivity contribution is -0.142. The molecular weight excluding hydrogens is 1180 g/mol. The third-order valence-electron chi connectivity index (χ3n) is 15.0. The minimum absolute atomic E-state index is 0.0400. The molecule has 0 atom stereocenters. The van der Waals surface area contributed by atoms with E-state index in [1.54, 1.807) is 60.7 Å². The maximum absolute atomic E-state index is 13.6. The van der Waals surface area contributed by atoms with Crippen LogP contribution in [0.25, 0.3) is 34.0 Å². The fourth-order valence-electron chi connectivity index (χ4n) is 10.6. The molecule has 444 valence electrons. The van der Waals surface area contributed by atoms with Gasteiger partial charge in [-0.2, -0.15) is 36.5 Å². The summed E-state index contributed by atoms with van der Waals surface area (Å²) in [5.41, 5.74) is -1.10. The van der Waals surface area contributed by atoms with E-state index in [1.807, 2.05) is 60.7 Å². The van der Waals surface area contributed by atoms with Crippen LogP contribution in [-0.4, -0.2) is 79.1 Å². The van der Waals surface area contributed by atoms with Crippen molar-refractivity contribution in [2.75, 3.05) is 20.2 Å². The molecule has 0 aliphatic heterocycles. The molecular formula is C62H59BrF6N8O8. The van der Waals surface area contributed by atoms with Gasteiger partial charge in [0, 0.05) is 73.1 Å². The van der Waals surface area contributed by atoms with Gasteiger partial charge in [-0.25, -0.2) is 24.1 Å². The highest BCUT2D eigenvalue weighted by Crippen LogP contribution is 2.41. The van der Waals surface area contributed by atoms with Gasteiger partial charge in [-0.15, -0.1) is 0 Å². The quantitative estimate of drug-likeness (QED) is 0.0441. The number of halogens is 7. The summed E-state index contributed by atoms with van der Waals surface area (Å²) in [6.07, 6.45) is -0.900. The van der Waals surface area contributed by atoms with Gasteiger partial charge in [-0.3, -0.25) is 19.2 Å². The number of amides is 2. The molecule has 4 heterocycles. The Morgan fingerprint density at radius 3 is 1.33 bits per heavy atom. The number of hydrogen-bond acceptors (Lipinski definition) is 12. The zero-order chi connectivity index (χ0) is 60.3. The molecule has 16 nitrogen and oxygen atoms in total. The molecule has 23 heteroatoms. The molecule has 4 aromatic heterocycles. The van der Waals surface area contributed by atoms with E-state index in [1.165, 1.54) is 7.11 Å². The van der Waals surface area contributed by atoms with Gasteiger partial charge in [0.25, 0.3) is 11.8 Å². The number of benzene rings is 4. The first-order chi connectivity index (χ1) is 40.9. The number of Topliss-reactive ketones (excluding diaryl/α,β-unsaturated/α-hetero) is 2. The Morgan fingerprint density at radius 2 is 0.929 bits per heavy atom. The van der Waals surface area contributed by atoms with Crippen LogP contribution in [0.2, 0.25) is 0 Å². The average molecular weight is 1240 g/mol. The second-order valence-electron chi connectivity index (χ2n) is 20.7. The summed E-state index contributed by atoms with van der Waals surface area (Å²) in [7, 11) is 1.28. The SMILES string of the molecule is COC(=O)c1nc(C2CCC(C(=O)CCCNC(=O)c3cn(-c4ccccc4)nc3C(F)(F)F)CC2)oc1-c1ccccc1.O=C(NCCCC(=O)C1CCC(c2nc(Br)c(-c3ccccc3)o2)CC1)c1cn(-c2ccccc2)nc1C(F)(F)F. The number of nitrogens with one attached hydrogen (secondary N) is 2. The van der Waals surface area contributed by atoms with Crippen molar-refractivity contribution in [3.05, 3.63) is 178 Å². The van der Waals surface area contributed by atoms with Crippen molar-refractivity contribution in [2.45, 2.75) is 101 Å². The largest absolute Gasteiger partial charge is 0.464 e. The first-order valence-electron chi connectivity index (χ1n) is 27.8. The van der Waals surface area contributed by atoms with Crippen LogP contribution in [-0.2, 0) is 26.7 Å². The fourth-order valence-corrected chi connectivity index (χ4v) is 11.1. The Hall–Kier alpha value is -8.47. The number of nitrogens with zero attached hydrogens (tertiary/aromatic N) is 6. The van der Waals surface area contributed by atoms with Crippen molar-refractivity contribution in [3.63, 3.8) is 0 Å². The van der Waals surface area contributed by atoms with Gasteiger partial charge in [0.05, 0.1) is 29.6 Å². The van der Waals surface area contributed by atoms with Crippen LogP contribution in [0.5, 0.6) is 0 Å². The van der Waals surface area contributed by atoms with Crippen LogP contribution in [0.15, 0.2) is 147 Å². The molecule has 85 heavy (non-hydrogen) atoms. The summed E-state index contributed by atoms with van der Waals surface area (Å²) in [6, 6.07) is 35.4. The van der Waals surface area contributed by atoms with E-state index in [-0.39, 0.29) is 66.9 Å². The number of ether oxygens (including phenoxy) is 1. The number of methoxy groups -OCH3 is 1. The van der Waals surface area contributed by atoms with E-state index >= 15 is 0 Å². The average Bonchev–Trinajstić information content (AvgIpc) is 2.75. The summed E-state index contributed by atoms with van der Waals surface area (Å²) in [5.74, 6) is -0.272. The molecule has 0 spiro atoms. The van der Waals surface area contributed by atoms with Crippen LogP contribution in [0.4, 0.5) is 26.3 Å². The van der Waals surface area contributed by atoms with Gasteiger partial charge in [-0.05, 0) is 104 Å². The van der Waals surface area contributed by atoms with Crippen LogP contribution < -0.4 is 10.6 Å². The zero-order valence-corrected chi connectivity index (χ0v) is 47.6. The summed E-state index contributed by atoms with van der Waals surface area (Å²) in [6.45, 7) is 0.128. The lowest BCUT2D eigenvalue weighted by atomic mass is 9.79. The number of carbonyl (C=O) groups is 5. The van der Waals surface area contributed by atoms with Crippen molar-refractivity contribution in [3.8, 4) is 34.0 Å². The van der Waals surface area contributed by atoms with Crippen LogP contribution in [0.1, 0.15) is 143 Å². The topological polar surface area (TPSA) is 206 Å². The number of carbonyl (C=O) groups excluding carboxylic acids is 5. The van der Waals surface area contributed by atoms with E-state index in [0.717, 1.165) is 40.2 Å². The molecule has 2 fully saturated rings. The maximum Gasteiger partial charge on any atom is 0.435 e. The molecule has 0 unspecified atom stereocenters. The lowest BCUT2D eigenvalue weighted by Crippen LogP contribution is -2.28. The number of ketones is 2. The number of aromatic nitrogens is 6. The molecule has 0 bridgehead atoms. The van der Waals surface area contributed by atoms with Gasteiger partial charge in [0.2, 0.25) is 0 Å². The molecule has 2 aliphatic rings. The second kappa shape index (κ2) is 27.5. The first kappa shape index (κ1) is 61.1. The Morgan fingerprint density at radius 1 is 0.553 bits per heavy atom. The van der Waals surface area contributed by atoms with Gasteiger partial charge in [0.1, 0.15) is 11.6 Å². The van der Waals surface area contributed by atoms with E-state index in [0.29, 0.717) is 96.2 Å². The normalized spacial score (nSPS) is 17.1. The van der Waals surface area contributed by atoms with Gasteiger partial charge in [-0.1, -0.05) is 97.1 Å². The highest BCUT2D eigenvalue weighted by molar-refractivity contribution is 9.10. The Labute approximate surface area is 492 Å². The molecule has 10 rings (SSSR count). The summed E-state index contributed by atoms with van der Waals surface area (Å²) < 4.78 is 101. The molecule has 2 saturated carbocycles. The molecule has 0 radical (unpaired) electrons. The molecule has 0 saturated heterocycles. The molecule has 2 N–H and O–H groups in total. The highest BCUT2D eigenvalue weighted by atomic mass is 79.9. The van der Waals surface area contributed by atoms with Crippen LogP contribution in [0, 0.1) is 11.8 Å². The predicted molar refractivity (Wildman–Crippen MR) is 303 cm³/mol. The number of rotatable bonds is 19. The second-order valence-corrected chi connectivity index (χ2v) is 21.5. The Bertz CT molecular complexity index is 3570. The van der Waals surface area contributed by atoms with Crippen molar-refractivity contribution in [1.82, 2.24) is 40.2 Å². The van der Waals surface area contributed by atoms with E-state index in [9.17, 15) is 50.3 Å². The Balaban J connectivity index is 0.000000204. The van der Waals surface area contributed by atoms with E-state index in [4.69, 9.17) is 13.6 Å². The van der Waals surface area contributed by atoms with Crippen LogP contribution >= 0.6 is 15.9 Å². The van der Waals surface area contributed by atoms with E-state index < -0.39 is 52.7 Å². The minimum Gasteiger partial charge on any atom is -0.464 e. The minimum atomic E-state index is -4.81. The third-order valence-corrected chi connectivity index (χ3v) is 15.6. The standard InChI is InChI=1S/C32H31F3N4O5.C30H28BrF3N4O3/c1-43-31(42)26-27(21-9-4-2-5-10-21)44-30(37-26)22-16-14-20(15-17-22)25(40)13-8-18-36-29(41)24-19-39(23-11-6-3-7-12-23)38-28(24)32(33,34)35;31-27-25(20-8-3-1-4-9-20)41-29(36-27)21-15-13-19(14-16-21)24(39)12-7-17-35-28(40)23-18-38(22-10-5-2-6-11-22)37-26(23)30(32,33)34/h2-7,9-12,19-20,22H,8,13-18H2,1H3,(H,36,41);1-6,8-11,18-19,21H,7,12-17H2,(H,35,40). The molecule has 8 aromatic rings. The molecule has 2 amide bonds. The first-order valence-corrected chi connectivity index (χ1v) is 28.6. The van der Waals surface area contributed by atoms with Crippen molar-refractivity contribution in [1.29, 1.82) is 0 Å². The number of para-hydroxylation sites is 2. The highest BCUT2D eigenvalue weighted by Gasteiger charge is 2.41. The van der Waals surface area contributed by atoms with Crippen molar-refractivity contribution in [2.24, 2.45) is 11.8 Å². The summed E-state index contributed by atoms with van der Waals surface area (Å²) >= 11 is 3.49.